The lowest BCUT2D eigenvalue weighted by atomic mass is 10.1. The first-order valence-corrected chi connectivity index (χ1v) is 8.10. The molecule has 7 heteroatoms. The monoisotopic (exact) mass is 318 g/mol. The third-order valence-corrected chi connectivity index (χ3v) is 4.42. The highest BCUT2D eigenvalue weighted by molar-refractivity contribution is 7.90. The molecule has 1 saturated heterocycles. The topological polar surface area (TPSA) is 66.5 Å². The van der Waals surface area contributed by atoms with Crippen LogP contribution in [0, 0.1) is 0 Å². The summed E-state index contributed by atoms with van der Waals surface area (Å²) in [5, 5.41) is 3.23. The molecule has 1 amide bonds. The molecule has 5 nitrogen and oxygen atoms in total. The zero-order valence-electron chi connectivity index (χ0n) is 11.5. The highest BCUT2D eigenvalue weighted by Crippen LogP contribution is 2.14. The van der Waals surface area contributed by atoms with E-state index in [-0.39, 0.29) is 29.3 Å². The molecular weight excluding hydrogens is 300 g/mol. The molecule has 0 spiro atoms. The van der Waals surface area contributed by atoms with Crippen LogP contribution < -0.4 is 5.32 Å². The lowest BCUT2D eigenvalue weighted by molar-refractivity contribution is 0.0655. The summed E-state index contributed by atoms with van der Waals surface area (Å²) in [7, 11) is -3.22. The number of sulfone groups is 1. The standard InChI is InChI=1S/C13H18N2O3S.ClH/c1-10-9-14-7-8-15(10)13(16)11-3-5-12(6-4-11)19(2,17)18;/h3-6,10,14H,7-9H2,1-2H3;1H/t10-;/m0./s1. The van der Waals surface area contributed by atoms with E-state index in [0.29, 0.717) is 12.1 Å². The molecule has 0 bridgehead atoms. The van der Waals surface area contributed by atoms with Crippen LogP contribution in [0.15, 0.2) is 29.2 Å². The number of carbonyl (C=O) groups is 1. The third-order valence-electron chi connectivity index (χ3n) is 3.29. The second-order valence-electron chi connectivity index (χ2n) is 4.85. The number of hydrogen-bond acceptors (Lipinski definition) is 4. The first-order valence-electron chi connectivity index (χ1n) is 6.21. The van der Waals surface area contributed by atoms with Gasteiger partial charge in [0.2, 0.25) is 0 Å². The lowest BCUT2D eigenvalue weighted by Crippen LogP contribution is -2.52. The Bertz CT molecular complexity index is 572. The predicted octanol–water partition coefficient (Wildman–Crippen LogP) is 0.946. The van der Waals surface area contributed by atoms with Crippen molar-refractivity contribution >= 4 is 28.2 Å². The maximum Gasteiger partial charge on any atom is 0.254 e. The Morgan fingerprint density at radius 3 is 2.40 bits per heavy atom. The molecule has 0 unspecified atom stereocenters. The summed E-state index contributed by atoms with van der Waals surface area (Å²) >= 11 is 0. The van der Waals surface area contributed by atoms with E-state index < -0.39 is 9.84 Å². The number of carbonyl (C=O) groups excluding carboxylic acids is 1. The quantitative estimate of drug-likeness (QED) is 0.881. The van der Waals surface area contributed by atoms with Crippen LogP contribution in [0.5, 0.6) is 0 Å². The van der Waals surface area contributed by atoms with Crippen LogP contribution in [0.25, 0.3) is 0 Å². The minimum Gasteiger partial charge on any atom is -0.333 e. The van der Waals surface area contributed by atoms with Crippen molar-refractivity contribution in [2.24, 2.45) is 0 Å². The van der Waals surface area contributed by atoms with Gasteiger partial charge in [-0.05, 0) is 31.2 Å². The highest BCUT2D eigenvalue weighted by atomic mass is 35.5. The van der Waals surface area contributed by atoms with Crippen LogP contribution in [0.1, 0.15) is 17.3 Å². The van der Waals surface area contributed by atoms with Crippen molar-refractivity contribution in [3.05, 3.63) is 29.8 Å². The second-order valence-corrected chi connectivity index (χ2v) is 6.86. The Balaban J connectivity index is 0.00000200. The van der Waals surface area contributed by atoms with Crippen LogP contribution in [-0.2, 0) is 9.84 Å². The highest BCUT2D eigenvalue weighted by Gasteiger charge is 2.24. The number of rotatable bonds is 2. The van der Waals surface area contributed by atoms with E-state index >= 15 is 0 Å². The van der Waals surface area contributed by atoms with Crippen LogP contribution >= 0.6 is 12.4 Å². The summed E-state index contributed by atoms with van der Waals surface area (Å²) in [5.41, 5.74) is 0.529. The molecule has 1 aromatic carbocycles. The Morgan fingerprint density at radius 2 is 1.90 bits per heavy atom. The molecule has 112 valence electrons. The Hall–Kier alpha value is -1.11. The molecule has 1 aromatic rings. The molecule has 0 aliphatic carbocycles. The number of hydrogen-bond donors (Lipinski definition) is 1. The third kappa shape index (κ3) is 3.71. The number of piperazine rings is 1. The van der Waals surface area contributed by atoms with Gasteiger partial charge in [-0.1, -0.05) is 0 Å². The molecule has 2 rings (SSSR count). The fraction of sp³-hybridized carbons (Fsp3) is 0.462. The maximum absolute atomic E-state index is 12.3. The molecule has 1 aliphatic heterocycles. The van der Waals surface area contributed by atoms with Gasteiger partial charge in [0.15, 0.2) is 9.84 Å². The SMILES string of the molecule is C[C@H]1CNCCN1C(=O)c1ccc(S(C)(=O)=O)cc1.Cl. The van der Waals surface area contributed by atoms with Crippen molar-refractivity contribution in [2.45, 2.75) is 17.9 Å². The molecule has 1 heterocycles. The Labute approximate surface area is 125 Å². The van der Waals surface area contributed by atoms with Crippen molar-refractivity contribution in [3.63, 3.8) is 0 Å². The van der Waals surface area contributed by atoms with Crippen LogP contribution in [0.4, 0.5) is 0 Å². The fourth-order valence-electron chi connectivity index (χ4n) is 2.15. The summed E-state index contributed by atoms with van der Waals surface area (Å²) in [4.78, 5) is 14.4. The molecule has 0 radical (unpaired) electrons. The van der Waals surface area contributed by atoms with Crippen molar-refractivity contribution in [1.29, 1.82) is 0 Å². The Morgan fingerprint density at radius 1 is 1.30 bits per heavy atom. The van der Waals surface area contributed by atoms with E-state index in [1.807, 2.05) is 11.8 Å². The van der Waals surface area contributed by atoms with E-state index in [1.54, 1.807) is 12.1 Å². The number of halogens is 1. The fourth-order valence-corrected chi connectivity index (χ4v) is 2.78. The minimum atomic E-state index is -3.22. The number of nitrogens with one attached hydrogen (secondary N) is 1. The van der Waals surface area contributed by atoms with Gasteiger partial charge in [0.1, 0.15) is 0 Å². The van der Waals surface area contributed by atoms with E-state index in [0.717, 1.165) is 19.3 Å². The van der Waals surface area contributed by atoms with E-state index in [9.17, 15) is 13.2 Å². The van der Waals surface area contributed by atoms with Crippen molar-refractivity contribution in [1.82, 2.24) is 10.2 Å². The summed E-state index contributed by atoms with van der Waals surface area (Å²) in [6.45, 7) is 4.24. The maximum atomic E-state index is 12.3. The van der Waals surface area contributed by atoms with E-state index in [2.05, 4.69) is 5.32 Å². The predicted molar refractivity (Wildman–Crippen MR) is 80.2 cm³/mol. The van der Waals surface area contributed by atoms with E-state index in [1.165, 1.54) is 12.1 Å². The van der Waals surface area contributed by atoms with Crippen LogP contribution in [0.2, 0.25) is 0 Å². The molecule has 1 N–H and O–H groups in total. The average Bonchev–Trinajstić information content (AvgIpc) is 2.38. The largest absolute Gasteiger partial charge is 0.333 e. The van der Waals surface area contributed by atoms with Crippen molar-refractivity contribution in [2.75, 3.05) is 25.9 Å². The van der Waals surface area contributed by atoms with Crippen LogP contribution in [0.3, 0.4) is 0 Å². The number of benzene rings is 1. The number of nitrogens with zero attached hydrogens (tertiary/aromatic N) is 1. The van der Waals surface area contributed by atoms with Gasteiger partial charge in [-0.2, -0.15) is 0 Å². The zero-order chi connectivity index (χ0) is 14.0. The average molecular weight is 319 g/mol. The lowest BCUT2D eigenvalue weighted by Gasteiger charge is -2.34. The van der Waals surface area contributed by atoms with Crippen molar-refractivity contribution in [3.8, 4) is 0 Å². The van der Waals surface area contributed by atoms with Gasteiger partial charge in [-0.15, -0.1) is 12.4 Å². The Kier molecular flexibility index (Phi) is 5.56. The van der Waals surface area contributed by atoms with Gasteiger partial charge in [0.25, 0.3) is 5.91 Å². The minimum absolute atomic E-state index is 0. The van der Waals surface area contributed by atoms with Gasteiger partial charge < -0.3 is 10.2 Å². The molecular formula is C13H19ClN2O3S. The van der Waals surface area contributed by atoms with Crippen LogP contribution in [-0.4, -0.2) is 51.2 Å². The molecule has 1 atom stereocenters. The van der Waals surface area contributed by atoms with Crippen molar-refractivity contribution < 1.29 is 13.2 Å². The van der Waals surface area contributed by atoms with Gasteiger partial charge in [0, 0.05) is 37.5 Å². The normalized spacial score (nSPS) is 19.3. The van der Waals surface area contributed by atoms with Gasteiger partial charge in [-0.3, -0.25) is 4.79 Å². The van der Waals surface area contributed by atoms with Gasteiger partial charge in [0.05, 0.1) is 4.90 Å². The summed E-state index contributed by atoms with van der Waals surface area (Å²) < 4.78 is 22.7. The van der Waals surface area contributed by atoms with E-state index in [4.69, 9.17) is 0 Å². The smallest absolute Gasteiger partial charge is 0.254 e. The molecule has 0 aromatic heterocycles. The van der Waals surface area contributed by atoms with Gasteiger partial charge >= 0.3 is 0 Å². The second kappa shape index (κ2) is 6.56. The molecule has 0 saturated carbocycles. The first kappa shape index (κ1) is 16.9. The summed E-state index contributed by atoms with van der Waals surface area (Å²) in [5.74, 6) is -0.0472. The zero-order valence-corrected chi connectivity index (χ0v) is 13.1. The summed E-state index contributed by atoms with van der Waals surface area (Å²) in [6, 6.07) is 6.27. The number of amides is 1. The first-order chi connectivity index (χ1) is 8.89. The molecule has 20 heavy (non-hydrogen) atoms. The van der Waals surface area contributed by atoms with Gasteiger partial charge in [-0.25, -0.2) is 8.42 Å². The molecule has 1 aliphatic rings. The molecule has 1 fully saturated rings. The summed E-state index contributed by atoms with van der Waals surface area (Å²) in [6.07, 6.45) is 1.15.